The quantitative estimate of drug-likeness (QED) is 0.344. The van der Waals surface area contributed by atoms with Crippen molar-refractivity contribution in [3.63, 3.8) is 0 Å². The summed E-state index contributed by atoms with van der Waals surface area (Å²) in [7, 11) is 1.40. The molecule has 0 saturated heterocycles. The molecule has 2 amide bonds. The van der Waals surface area contributed by atoms with Gasteiger partial charge >= 0.3 is 11.9 Å². The third-order valence-corrected chi connectivity index (χ3v) is 5.76. The summed E-state index contributed by atoms with van der Waals surface area (Å²) in [5, 5.41) is 24.2. The first-order valence-corrected chi connectivity index (χ1v) is 11.1. The first-order valence-electron chi connectivity index (χ1n) is 11.1. The van der Waals surface area contributed by atoms with Gasteiger partial charge in [0, 0.05) is 22.5 Å². The Morgan fingerprint density at radius 1 is 0.694 bits per heavy atom. The van der Waals surface area contributed by atoms with E-state index < -0.39 is 35.6 Å². The molecule has 3 aromatic carbocycles. The summed E-state index contributed by atoms with van der Waals surface area (Å²) in [6.07, 6.45) is 0. The number of rotatable bonds is 9. The number of hydrogen-bond donors (Lipinski definition) is 4. The molecule has 0 spiro atoms. The van der Waals surface area contributed by atoms with Gasteiger partial charge in [0.2, 0.25) is 0 Å². The smallest absolute Gasteiger partial charge is 0.310 e. The van der Waals surface area contributed by atoms with E-state index in [2.05, 4.69) is 10.6 Å². The normalized spacial score (nSPS) is 12.2. The molecule has 0 saturated carbocycles. The minimum absolute atomic E-state index is 0.115. The number of carboxylic acids is 2. The molecule has 0 fully saturated rings. The van der Waals surface area contributed by atoms with Crippen molar-refractivity contribution in [2.24, 2.45) is 0 Å². The molecule has 4 N–H and O–H groups in total. The first kappa shape index (κ1) is 26.0. The molecule has 9 nitrogen and oxygen atoms in total. The SMILES string of the molecule is COc1cc(C(=O)Nc2ccccc2C(C)C(=O)O)cc(C(=O)Nc2ccccc2C(C)C(=O)O)c1. The van der Waals surface area contributed by atoms with Gasteiger partial charge in [-0.3, -0.25) is 19.2 Å². The van der Waals surface area contributed by atoms with E-state index in [0.717, 1.165) is 0 Å². The highest BCUT2D eigenvalue weighted by molar-refractivity contribution is 6.10. The zero-order valence-corrected chi connectivity index (χ0v) is 19.9. The van der Waals surface area contributed by atoms with Crippen LogP contribution in [0.1, 0.15) is 57.5 Å². The molecule has 3 rings (SSSR count). The minimum Gasteiger partial charge on any atom is -0.497 e. The fourth-order valence-electron chi connectivity index (χ4n) is 3.61. The fraction of sp³-hybridized carbons (Fsp3) is 0.185. The van der Waals surface area contributed by atoms with Gasteiger partial charge < -0.3 is 25.6 Å². The van der Waals surface area contributed by atoms with Crippen LogP contribution < -0.4 is 15.4 Å². The Kier molecular flexibility index (Phi) is 8.06. The van der Waals surface area contributed by atoms with Crippen LogP contribution in [0, 0.1) is 0 Å². The highest BCUT2D eigenvalue weighted by Gasteiger charge is 2.21. The van der Waals surface area contributed by atoms with Crippen LogP contribution >= 0.6 is 0 Å². The lowest BCUT2D eigenvalue weighted by molar-refractivity contribution is -0.139. The maximum atomic E-state index is 13.1. The predicted octanol–water partition coefficient (Wildman–Crippen LogP) is 4.58. The Balaban J connectivity index is 1.91. The van der Waals surface area contributed by atoms with Crippen LogP contribution in [-0.4, -0.2) is 41.1 Å². The summed E-state index contributed by atoms with van der Waals surface area (Å²) in [6.45, 7) is 3.04. The first-order chi connectivity index (χ1) is 17.1. The molecular formula is C27H26N2O7. The van der Waals surface area contributed by atoms with Gasteiger partial charge in [-0.05, 0) is 55.3 Å². The van der Waals surface area contributed by atoms with Crippen molar-refractivity contribution in [3.8, 4) is 5.75 Å². The van der Waals surface area contributed by atoms with Gasteiger partial charge in [0.05, 0.1) is 18.9 Å². The van der Waals surface area contributed by atoms with Crippen molar-refractivity contribution in [3.05, 3.63) is 89.0 Å². The number of carboxylic acid groups (broad SMARTS) is 2. The Morgan fingerprint density at radius 2 is 1.08 bits per heavy atom. The molecule has 0 aromatic heterocycles. The van der Waals surface area contributed by atoms with E-state index in [1.807, 2.05) is 0 Å². The number of ether oxygens (including phenoxy) is 1. The van der Waals surface area contributed by atoms with E-state index in [4.69, 9.17) is 4.74 Å². The molecule has 0 radical (unpaired) electrons. The highest BCUT2D eigenvalue weighted by atomic mass is 16.5. The third-order valence-electron chi connectivity index (χ3n) is 5.76. The lowest BCUT2D eigenvalue weighted by atomic mass is 9.99. The lowest BCUT2D eigenvalue weighted by Gasteiger charge is -2.16. The average molecular weight is 491 g/mol. The van der Waals surface area contributed by atoms with E-state index in [1.54, 1.807) is 48.5 Å². The van der Waals surface area contributed by atoms with Crippen molar-refractivity contribution in [1.29, 1.82) is 0 Å². The molecule has 0 aliphatic carbocycles. The Bertz CT molecular complexity index is 1220. The number of nitrogens with one attached hydrogen (secondary N) is 2. The molecule has 0 heterocycles. The number of methoxy groups -OCH3 is 1. The summed E-state index contributed by atoms with van der Waals surface area (Å²) >= 11 is 0. The Morgan fingerprint density at radius 3 is 1.44 bits per heavy atom. The molecule has 0 aliphatic heterocycles. The van der Waals surface area contributed by atoms with Crippen LogP contribution in [0.3, 0.4) is 0 Å². The molecular weight excluding hydrogens is 464 g/mol. The summed E-state index contributed by atoms with van der Waals surface area (Å²) in [4.78, 5) is 49.1. The van der Waals surface area contributed by atoms with Crippen molar-refractivity contribution >= 4 is 35.1 Å². The zero-order valence-electron chi connectivity index (χ0n) is 19.9. The number of amides is 2. The Labute approximate surface area is 207 Å². The summed E-state index contributed by atoms with van der Waals surface area (Å²) in [5.41, 5.74) is 1.77. The number of carbonyl (C=O) groups excluding carboxylic acids is 2. The highest BCUT2D eigenvalue weighted by Crippen LogP contribution is 2.27. The number of benzene rings is 3. The van der Waals surface area contributed by atoms with Gasteiger partial charge in [0.15, 0.2) is 0 Å². The second kappa shape index (κ2) is 11.2. The monoisotopic (exact) mass is 490 g/mol. The molecule has 186 valence electrons. The summed E-state index contributed by atoms with van der Waals surface area (Å²) < 4.78 is 5.27. The Hall–Kier alpha value is -4.66. The van der Waals surface area contributed by atoms with E-state index in [-0.39, 0.29) is 16.9 Å². The zero-order chi connectivity index (χ0) is 26.4. The number of anilines is 2. The molecule has 0 aliphatic rings. The topological polar surface area (TPSA) is 142 Å². The minimum atomic E-state index is -1.03. The molecule has 36 heavy (non-hydrogen) atoms. The van der Waals surface area contributed by atoms with Gasteiger partial charge in [-0.25, -0.2) is 0 Å². The maximum absolute atomic E-state index is 13.1. The van der Waals surface area contributed by atoms with Gasteiger partial charge in [-0.1, -0.05) is 36.4 Å². The van der Waals surface area contributed by atoms with Gasteiger partial charge in [0.1, 0.15) is 5.75 Å². The van der Waals surface area contributed by atoms with Gasteiger partial charge in [0.25, 0.3) is 11.8 Å². The van der Waals surface area contributed by atoms with E-state index in [1.165, 1.54) is 39.2 Å². The van der Waals surface area contributed by atoms with E-state index in [0.29, 0.717) is 22.5 Å². The predicted molar refractivity (Wildman–Crippen MR) is 134 cm³/mol. The number of aliphatic carboxylic acids is 2. The maximum Gasteiger partial charge on any atom is 0.310 e. The number of carbonyl (C=O) groups is 4. The van der Waals surface area contributed by atoms with Crippen LogP contribution in [0.25, 0.3) is 0 Å². The van der Waals surface area contributed by atoms with Crippen molar-refractivity contribution in [2.45, 2.75) is 25.7 Å². The second-order valence-electron chi connectivity index (χ2n) is 8.15. The van der Waals surface area contributed by atoms with Crippen molar-refractivity contribution < 1.29 is 34.1 Å². The molecule has 2 unspecified atom stereocenters. The average Bonchev–Trinajstić information content (AvgIpc) is 2.87. The van der Waals surface area contributed by atoms with Gasteiger partial charge in [-0.2, -0.15) is 0 Å². The van der Waals surface area contributed by atoms with Crippen molar-refractivity contribution in [2.75, 3.05) is 17.7 Å². The lowest BCUT2D eigenvalue weighted by Crippen LogP contribution is -2.19. The van der Waals surface area contributed by atoms with E-state index in [9.17, 15) is 29.4 Å². The molecule has 3 aromatic rings. The van der Waals surface area contributed by atoms with E-state index >= 15 is 0 Å². The van der Waals surface area contributed by atoms with Crippen LogP contribution in [0.4, 0.5) is 11.4 Å². The second-order valence-corrected chi connectivity index (χ2v) is 8.15. The summed E-state index contributed by atoms with van der Waals surface area (Å²) in [5.74, 6) is -4.63. The van der Waals surface area contributed by atoms with Crippen LogP contribution in [-0.2, 0) is 9.59 Å². The number of para-hydroxylation sites is 2. The van der Waals surface area contributed by atoms with Crippen LogP contribution in [0.15, 0.2) is 66.7 Å². The third kappa shape index (κ3) is 5.87. The van der Waals surface area contributed by atoms with Crippen LogP contribution in [0.5, 0.6) is 5.75 Å². The summed E-state index contributed by atoms with van der Waals surface area (Å²) in [6, 6.07) is 17.4. The largest absolute Gasteiger partial charge is 0.497 e. The van der Waals surface area contributed by atoms with Crippen molar-refractivity contribution in [1.82, 2.24) is 0 Å². The molecule has 9 heteroatoms. The molecule has 0 bridgehead atoms. The molecule has 2 atom stereocenters. The van der Waals surface area contributed by atoms with Gasteiger partial charge in [-0.15, -0.1) is 0 Å². The standard InChI is InChI=1S/C27H26N2O7/c1-15(26(32)33)20-8-4-6-10-22(20)28-24(30)17-12-18(14-19(13-17)36-3)25(31)29-23-11-7-5-9-21(23)16(2)27(34)35/h4-16H,1-3H3,(H,28,30)(H,29,31)(H,32,33)(H,34,35). The van der Waals surface area contributed by atoms with Crippen LogP contribution in [0.2, 0.25) is 0 Å². The number of hydrogen-bond acceptors (Lipinski definition) is 5. The fourth-order valence-corrected chi connectivity index (χ4v) is 3.61.